The van der Waals surface area contributed by atoms with E-state index < -0.39 is 9.84 Å². The van der Waals surface area contributed by atoms with Crippen molar-refractivity contribution in [2.45, 2.75) is 18.2 Å². The van der Waals surface area contributed by atoms with Crippen LogP contribution in [0.1, 0.15) is 11.1 Å². The SMILES string of the molecule is Cc1ccc(CC=CS(=O)(=O)c2ccccc2)cc1. The van der Waals surface area contributed by atoms with Gasteiger partial charge in [0.05, 0.1) is 4.90 Å². The van der Waals surface area contributed by atoms with Crippen LogP contribution in [0.5, 0.6) is 0 Å². The lowest BCUT2D eigenvalue weighted by Gasteiger charge is -1.99. The van der Waals surface area contributed by atoms with E-state index in [2.05, 4.69) is 0 Å². The lowest BCUT2D eigenvalue weighted by atomic mass is 10.1. The summed E-state index contributed by atoms with van der Waals surface area (Å²) in [4.78, 5) is 0.329. The smallest absolute Gasteiger partial charge is 0.199 e. The van der Waals surface area contributed by atoms with Crippen LogP contribution in [0, 0.1) is 6.92 Å². The Morgan fingerprint density at radius 1 is 0.947 bits per heavy atom. The highest BCUT2D eigenvalue weighted by Gasteiger charge is 2.08. The fourth-order valence-corrected chi connectivity index (χ4v) is 2.77. The Hall–Kier alpha value is -1.87. The molecule has 0 heterocycles. The predicted molar refractivity (Wildman–Crippen MR) is 77.7 cm³/mol. The Balaban J connectivity index is 2.09. The van der Waals surface area contributed by atoms with Crippen LogP contribution < -0.4 is 0 Å². The maximum atomic E-state index is 12.0. The van der Waals surface area contributed by atoms with Gasteiger partial charge < -0.3 is 0 Å². The predicted octanol–water partition coefficient (Wildman–Crippen LogP) is 3.53. The maximum Gasteiger partial charge on any atom is 0.199 e. The Bertz CT molecular complexity index is 654. The van der Waals surface area contributed by atoms with Gasteiger partial charge in [-0.2, -0.15) is 0 Å². The van der Waals surface area contributed by atoms with Crippen molar-refractivity contribution in [3.8, 4) is 0 Å². The van der Waals surface area contributed by atoms with Crippen LogP contribution in [0.4, 0.5) is 0 Å². The molecule has 19 heavy (non-hydrogen) atoms. The Kier molecular flexibility index (Phi) is 4.17. The molecule has 0 spiro atoms. The molecule has 0 aliphatic carbocycles. The minimum atomic E-state index is -3.32. The van der Waals surface area contributed by atoms with Crippen molar-refractivity contribution in [1.29, 1.82) is 0 Å². The molecule has 0 bridgehead atoms. The third kappa shape index (κ3) is 3.80. The molecule has 0 fully saturated rings. The minimum absolute atomic E-state index is 0.329. The molecule has 0 saturated carbocycles. The first-order chi connectivity index (χ1) is 9.08. The van der Waals surface area contributed by atoms with Crippen molar-refractivity contribution in [3.05, 3.63) is 77.2 Å². The fraction of sp³-hybridized carbons (Fsp3) is 0.125. The zero-order valence-corrected chi connectivity index (χ0v) is 11.6. The molecule has 0 atom stereocenters. The van der Waals surface area contributed by atoms with E-state index in [1.54, 1.807) is 36.4 Å². The van der Waals surface area contributed by atoms with E-state index in [4.69, 9.17) is 0 Å². The number of benzene rings is 2. The van der Waals surface area contributed by atoms with Crippen molar-refractivity contribution < 1.29 is 8.42 Å². The van der Waals surface area contributed by atoms with Gasteiger partial charge in [-0.15, -0.1) is 0 Å². The van der Waals surface area contributed by atoms with Gasteiger partial charge in [0.2, 0.25) is 0 Å². The second-order valence-corrected chi connectivity index (χ2v) is 6.25. The third-order valence-corrected chi connectivity index (χ3v) is 4.30. The summed E-state index contributed by atoms with van der Waals surface area (Å²) in [5.41, 5.74) is 2.30. The molecule has 0 amide bonds. The first-order valence-electron chi connectivity index (χ1n) is 6.10. The lowest BCUT2D eigenvalue weighted by molar-refractivity contribution is 0.604. The van der Waals surface area contributed by atoms with Gasteiger partial charge in [-0.1, -0.05) is 54.1 Å². The molecule has 0 radical (unpaired) electrons. The average Bonchev–Trinajstić information content (AvgIpc) is 2.42. The van der Waals surface area contributed by atoms with Crippen LogP contribution in [0.15, 0.2) is 71.0 Å². The second-order valence-electron chi connectivity index (χ2n) is 4.42. The number of rotatable bonds is 4. The van der Waals surface area contributed by atoms with Gasteiger partial charge in [-0.25, -0.2) is 8.42 Å². The Morgan fingerprint density at radius 3 is 2.21 bits per heavy atom. The summed E-state index contributed by atoms with van der Waals surface area (Å²) < 4.78 is 24.0. The topological polar surface area (TPSA) is 34.1 Å². The average molecular weight is 272 g/mol. The van der Waals surface area contributed by atoms with Gasteiger partial charge in [0, 0.05) is 5.41 Å². The highest BCUT2D eigenvalue weighted by Crippen LogP contribution is 2.12. The molecule has 2 aromatic carbocycles. The normalized spacial score (nSPS) is 11.8. The minimum Gasteiger partial charge on any atom is -0.219 e. The molecule has 3 heteroatoms. The summed E-state index contributed by atoms with van der Waals surface area (Å²) in [7, 11) is -3.32. The van der Waals surface area contributed by atoms with Crippen molar-refractivity contribution in [3.63, 3.8) is 0 Å². The highest BCUT2D eigenvalue weighted by atomic mass is 32.2. The van der Waals surface area contributed by atoms with E-state index in [0.29, 0.717) is 11.3 Å². The summed E-state index contributed by atoms with van der Waals surface area (Å²) in [5.74, 6) is 0. The largest absolute Gasteiger partial charge is 0.219 e. The fourth-order valence-electron chi connectivity index (χ4n) is 1.72. The lowest BCUT2D eigenvalue weighted by Crippen LogP contribution is -1.95. The summed E-state index contributed by atoms with van der Waals surface area (Å²) in [6.45, 7) is 2.03. The van der Waals surface area contributed by atoms with Crippen LogP contribution in [0.25, 0.3) is 0 Å². The first kappa shape index (κ1) is 13.6. The molecule has 2 rings (SSSR count). The Labute approximate surface area is 114 Å². The summed E-state index contributed by atoms with van der Waals surface area (Å²) >= 11 is 0. The molecule has 2 aromatic rings. The van der Waals surface area contributed by atoms with Crippen molar-refractivity contribution in [2.24, 2.45) is 0 Å². The van der Waals surface area contributed by atoms with Gasteiger partial charge in [-0.3, -0.25) is 0 Å². The van der Waals surface area contributed by atoms with Crippen molar-refractivity contribution in [2.75, 3.05) is 0 Å². The first-order valence-corrected chi connectivity index (χ1v) is 7.65. The molecule has 0 aliphatic heterocycles. The monoisotopic (exact) mass is 272 g/mol. The van der Waals surface area contributed by atoms with E-state index in [1.807, 2.05) is 31.2 Å². The number of sulfone groups is 1. The quantitative estimate of drug-likeness (QED) is 0.853. The molecule has 0 unspecified atom stereocenters. The van der Waals surface area contributed by atoms with E-state index in [0.717, 1.165) is 5.56 Å². The molecule has 2 nitrogen and oxygen atoms in total. The molecular weight excluding hydrogens is 256 g/mol. The molecule has 0 aromatic heterocycles. The molecule has 0 N–H and O–H groups in total. The summed E-state index contributed by atoms with van der Waals surface area (Å²) in [6.07, 6.45) is 2.30. The van der Waals surface area contributed by atoms with Gasteiger partial charge in [0.25, 0.3) is 0 Å². The summed E-state index contributed by atoms with van der Waals surface area (Å²) in [5, 5.41) is 1.28. The van der Waals surface area contributed by atoms with Crippen LogP contribution in [0.2, 0.25) is 0 Å². The van der Waals surface area contributed by atoms with Crippen LogP contribution in [0.3, 0.4) is 0 Å². The van der Waals surface area contributed by atoms with Crippen LogP contribution >= 0.6 is 0 Å². The van der Waals surface area contributed by atoms with E-state index in [1.165, 1.54) is 11.0 Å². The molecule has 0 aliphatic rings. The number of aryl methyl sites for hydroxylation is 1. The van der Waals surface area contributed by atoms with Crippen molar-refractivity contribution >= 4 is 9.84 Å². The number of allylic oxidation sites excluding steroid dienone is 1. The zero-order valence-electron chi connectivity index (χ0n) is 10.8. The molecule has 0 saturated heterocycles. The van der Waals surface area contributed by atoms with E-state index >= 15 is 0 Å². The van der Waals surface area contributed by atoms with Gasteiger partial charge >= 0.3 is 0 Å². The zero-order chi connectivity index (χ0) is 13.7. The second kappa shape index (κ2) is 5.85. The Morgan fingerprint density at radius 2 is 1.58 bits per heavy atom. The third-order valence-electron chi connectivity index (χ3n) is 2.82. The van der Waals surface area contributed by atoms with Gasteiger partial charge in [0.15, 0.2) is 9.84 Å². The molecule has 98 valence electrons. The van der Waals surface area contributed by atoms with Gasteiger partial charge in [-0.05, 0) is 31.0 Å². The van der Waals surface area contributed by atoms with Crippen molar-refractivity contribution in [1.82, 2.24) is 0 Å². The summed E-state index contributed by atoms with van der Waals surface area (Å²) in [6, 6.07) is 16.5. The molecular formula is C16H16O2S. The number of hydrogen-bond acceptors (Lipinski definition) is 2. The van der Waals surface area contributed by atoms with E-state index in [-0.39, 0.29) is 0 Å². The standard InChI is InChI=1S/C16H16O2S/c1-14-9-11-15(12-10-14)6-5-13-19(17,18)16-7-3-2-4-8-16/h2-5,7-13H,6H2,1H3. The van der Waals surface area contributed by atoms with Gasteiger partial charge in [0.1, 0.15) is 0 Å². The maximum absolute atomic E-state index is 12.0. The van der Waals surface area contributed by atoms with Crippen LogP contribution in [-0.2, 0) is 16.3 Å². The van der Waals surface area contributed by atoms with E-state index in [9.17, 15) is 8.42 Å². The number of hydrogen-bond donors (Lipinski definition) is 0. The van der Waals surface area contributed by atoms with Crippen LogP contribution in [-0.4, -0.2) is 8.42 Å². The highest BCUT2D eigenvalue weighted by molar-refractivity contribution is 7.94.